The number of nitrogens with zero attached hydrogens (tertiary/aromatic N) is 5. The lowest BCUT2D eigenvalue weighted by molar-refractivity contribution is -0.384. The van der Waals surface area contributed by atoms with Gasteiger partial charge in [0.25, 0.3) is 5.69 Å². The number of carbonyl (C=O) groups is 2. The van der Waals surface area contributed by atoms with E-state index in [0.717, 1.165) is 16.9 Å². The van der Waals surface area contributed by atoms with Crippen LogP contribution in [0.15, 0.2) is 36.4 Å². The summed E-state index contributed by atoms with van der Waals surface area (Å²) >= 11 is 0. The number of nitro groups is 1. The number of rotatable bonds is 5. The molecule has 0 spiro atoms. The van der Waals surface area contributed by atoms with E-state index in [1.54, 1.807) is 21.9 Å². The summed E-state index contributed by atoms with van der Waals surface area (Å²) in [5.74, 6) is 0. The fourth-order valence-electron chi connectivity index (χ4n) is 5.72. The summed E-state index contributed by atoms with van der Waals surface area (Å²) in [6, 6.07) is 10.2. The topological polar surface area (TPSA) is 175 Å². The summed E-state index contributed by atoms with van der Waals surface area (Å²) in [4.78, 5) is 42.5. The Morgan fingerprint density at radius 3 is 1.58 bits per heavy atom. The predicted octanol–water partition coefficient (Wildman–Crippen LogP) is 4.74. The van der Waals surface area contributed by atoms with Gasteiger partial charge in [0.1, 0.15) is 11.2 Å². The van der Waals surface area contributed by atoms with Crippen LogP contribution in [0.25, 0.3) is 0 Å². The molecule has 14 heteroatoms. The molecule has 2 heterocycles. The molecular formula is C34H52N6O8. The molecule has 2 fully saturated rings. The van der Waals surface area contributed by atoms with Crippen molar-refractivity contribution in [3.8, 4) is 0 Å². The Hall–Kier alpha value is -4.30. The molecule has 4 rings (SSSR count). The van der Waals surface area contributed by atoms with Crippen LogP contribution in [0.1, 0.15) is 66.5 Å². The summed E-state index contributed by atoms with van der Waals surface area (Å²) in [7, 11) is 0. The SMILES string of the molecule is C[C@H]1CN(C(=O)OC(C)(C)C)CCN1c1ccc(N)cc1CO.C[C@H]1CN(C(=O)OC(C)(C)C)CCN1c1ccc([N+](=O)[O-])cc1CO. The Bertz CT molecular complexity index is 1440. The number of ether oxygens (including phenoxy) is 2. The smallest absolute Gasteiger partial charge is 0.410 e. The zero-order valence-corrected chi connectivity index (χ0v) is 29.4. The zero-order chi connectivity index (χ0) is 36.0. The first-order valence-corrected chi connectivity index (χ1v) is 16.2. The van der Waals surface area contributed by atoms with Crippen LogP contribution in [0.3, 0.4) is 0 Å². The number of carbonyl (C=O) groups excluding carboxylic acids is 2. The van der Waals surface area contributed by atoms with E-state index in [1.165, 1.54) is 12.1 Å². The molecule has 2 aliphatic rings. The van der Waals surface area contributed by atoms with Crippen LogP contribution in [0.4, 0.5) is 32.3 Å². The molecule has 14 nitrogen and oxygen atoms in total. The van der Waals surface area contributed by atoms with Crippen molar-refractivity contribution < 1.29 is 34.2 Å². The molecule has 0 aliphatic carbocycles. The van der Waals surface area contributed by atoms with E-state index in [9.17, 15) is 29.9 Å². The second-order valence-corrected chi connectivity index (χ2v) is 14.2. The molecule has 0 saturated carbocycles. The van der Waals surface area contributed by atoms with Gasteiger partial charge in [-0.25, -0.2) is 9.59 Å². The van der Waals surface area contributed by atoms with Crippen LogP contribution in [-0.2, 0) is 22.7 Å². The first-order chi connectivity index (χ1) is 22.3. The monoisotopic (exact) mass is 672 g/mol. The molecule has 2 saturated heterocycles. The quantitative estimate of drug-likeness (QED) is 0.227. The molecule has 48 heavy (non-hydrogen) atoms. The normalized spacial score (nSPS) is 18.5. The lowest BCUT2D eigenvalue weighted by Crippen LogP contribution is -2.54. The van der Waals surface area contributed by atoms with Gasteiger partial charge >= 0.3 is 12.2 Å². The summed E-state index contributed by atoms with van der Waals surface area (Å²) in [6.07, 6.45) is -0.617. The highest BCUT2D eigenvalue weighted by atomic mass is 16.6. The third-order valence-electron chi connectivity index (χ3n) is 7.90. The van der Waals surface area contributed by atoms with Gasteiger partial charge in [-0.2, -0.15) is 0 Å². The average molecular weight is 673 g/mol. The maximum atomic E-state index is 12.2. The Kier molecular flexibility index (Phi) is 12.5. The van der Waals surface area contributed by atoms with Crippen LogP contribution < -0.4 is 15.5 Å². The van der Waals surface area contributed by atoms with E-state index in [0.29, 0.717) is 50.5 Å². The summed E-state index contributed by atoms with van der Waals surface area (Å²) in [5, 5.41) is 30.0. The Morgan fingerprint density at radius 2 is 1.21 bits per heavy atom. The summed E-state index contributed by atoms with van der Waals surface area (Å²) < 4.78 is 10.8. The standard InChI is InChI=1S/C17H25N3O5.C17H27N3O3/c1-12-10-18(16(22)25-17(2,3)4)7-8-19(12)15-6-5-14(20(23)24)9-13(15)11-21;1-12-10-19(16(22)23-17(2,3)4)7-8-20(12)15-6-5-14(18)9-13(15)11-21/h5-6,9,12,21H,7-8,10-11H2,1-4H3;5-6,9,12,21H,7-8,10-11,18H2,1-4H3/t2*12-/m00/s1. The number of nitrogens with two attached hydrogens (primary N) is 1. The van der Waals surface area contributed by atoms with Crippen molar-refractivity contribution in [2.45, 2.75) is 91.9 Å². The molecule has 0 unspecified atom stereocenters. The number of amides is 2. The van der Waals surface area contributed by atoms with E-state index < -0.39 is 16.1 Å². The third-order valence-corrected chi connectivity index (χ3v) is 7.90. The van der Waals surface area contributed by atoms with Crippen molar-refractivity contribution >= 4 is 34.9 Å². The van der Waals surface area contributed by atoms with Crippen molar-refractivity contribution in [2.24, 2.45) is 0 Å². The third kappa shape index (κ3) is 10.3. The molecule has 2 atom stereocenters. The number of anilines is 3. The Labute approximate surface area is 283 Å². The molecule has 2 aromatic rings. The Balaban J connectivity index is 0.000000261. The number of aliphatic hydroxyl groups excluding tert-OH is 2. The van der Waals surface area contributed by atoms with Gasteiger partial charge < -0.3 is 45.0 Å². The minimum absolute atomic E-state index is 0.00646. The number of nitrogen functional groups attached to an aromatic ring is 1. The van der Waals surface area contributed by atoms with Gasteiger partial charge in [0, 0.05) is 91.7 Å². The second-order valence-electron chi connectivity index (χ2n) is 14.2. The highest BCUT2D eigenvalue weighted by Crippen LogP contribution is 2.30. The van der Waals surface area contributed by atoms with Crippen molar-refractivity contribution in [3.63, 3.8) is 0 Å². The van der Waals surface area contributed by atoms with Crippen LogP contribution in [0.2, 0.25) is 0 Å². The number of hydrogen-bond donors (Lipinski definition) is 3. The maximum absolute atomic E-state index is 12.2. The van der Waals surface area contributed by atoms with E-state index in [2.05, 4.69) is 16.7 Å². The molecule has 2 amide bonds. The number of benzene rings is 2. The zero-order valence-electron chi connectivity index (χ0n) is 29.4. The van der Waals surface area contributed by atoms with E-state index in [-0.39, 0.29) is 43.2 Å². The second kappa shape index (κ2) is 15.7. The van der Waals surface area contributed by atoms with Gasteiger partial charge in [0.05, 0.1) is 18.1 Å². The van der Waals surface area contributed by atoms with Crippen molar-refractivity contribution in [2.75, 3.05) is 54.8 Å². The summed E-state index contributed by atoms with van der Waals surface area (Å²) in [5.41, 5.74) is 8.39. The number of piperazine rings is 2. The maximum Gasteiger partial charge on any atom is 0.410 e. The number of hydrogen-bond acceptors (Lipinski definition) is 11. The van der Waals surface area contributed by atoms with Gasteiger partial charge in [-0.15, -0.1) is 0 Å². The van der Waals surface area contributed by atoms with Crippen LogP contribution in [0.5, 0.6) is 0 Å². The number of non-ortho nitro benzene ring substituents is 1. The lowest BCUT2D eigenvalue weighted by Gasteiger charge is -2.42. The molecule has 0 aromatic heterocycles. The van der Waals surface area contributed by atoms with Crippen LogP contribution in [0, 0.1) is 10.1 Å². The molecule has 4 N–H and O–H groups in total. The fraction of sp³-hybridized carbons (Fsp3) is 0.588. The Morgan fingerprint density at radius 1 is 0.792 bits per heavy atom. The van der Waals surface area contributed by atoms with Gasteiger partial charge in [-0.1, -0.05) is 0 Å². The molecule has 2 aromatic carbocycles. The molecule has 266 valence electrons. The van der Waals surface area contributed by atoms with Gasteiger partial charge in [0.2, 0.25) is 0 Å². The van der Waals surface area contributed by atoms with Gasteiger partial charge in [-0.05, 0) is 79.7 Å². The first kappa shape index (κ1) is 38.2. The number of nitro benzene ring substituents is 1. The minimum Gasteiger partial charge on any atom is -0.444 e. The highest BCUT2D eigenvalue weighted by Gasteiger charge is 2.32. The lowest BCUT2D eigenvalue weighted by atomic mass is 10.1. The molecule has 0 bridgehead atoms. The van der Waals surface area contributed by atoms with Crippen LogP contribution in [-0.4, -0.2) is 99.7 Å². The van der Waals surface area contributed by atoms with Gasteiger partial charge in [-0.3, -0.25) is 10.1 Å². The van der Waals surface area contributed by atoms with E-state index in [4.69, 9.17) is 15.2 Å². The molecule has 0 radical (unpaired) electrons. The fourth-order valence-corrected chi connectivity index (χ4v) is 5.72. The number of aliphatic hydroxyl groups is 2. The van der Waals surface area contributed by atoms with E-state index >= 15 is 0 Å². The average Bonchev–Trinajstić information content (AvgIpc) is 2.99. The van der Waals surface area contributed by atoms with Crippen molar-refractivity contribution in [1.82, 2.24) is 9.80 Å². The predicted molar refractivity (Wildman–Crippen MR) is 185 cm³/mol. The van der Waals surface area contributed by atoms with Crippen LogP contribution >= 0.6 is 0 Å². The first-order valence-electron chi connectivity index (χ1n) is 16.2. The van der Waals surface area contributed by atoms with E-state index in [1.807, 2.05) is 60.6 Å². The van der Waals surface area contributed by atoms with Crippen molar-refractivity contribution in [3.05, 3.63) is 57.6 Å². The highest BCUT2D eigenvalue weighted by molar-refractivity contribution is 5.70. The molecular weight excluding hydrogens is 620 g/mol. The summed E-state index contributed by atoms with van der Waals surface area (Å²) in [6.45, 7) is 18.2. The van der Waals surface area contributed by atoms with Crippen molar-refractivity contribution in [1.29, 1.82) is 0 Å². The largest absolute Gasteiger partial charge is 0.444 e. The minimum atomic E-state index is -0.542. The molecule has 2 aliphatic heterocycles. The van der Waals surface area contributed by atoms with Gasteiger partial charge in [0.15, 0.2) is 0 Å².